The number of hydrogen-bond acceptors (Lipinski definition) is 5. The van der Waals surface area contributed by atoms with E-state index in [1.54, 1.807) is 6.92 Å². The lowest BCUT2D eigenvalue weighted by Gasteiger charge is -2.17. The number of hydrogen-bond donors (Lipinski definition) is 4. The molecule has 0 aromatic heterocycles. The first-order valence-corrected chi connectivity index (χ1v) is 7.91. The van der Waals surface area contributed by atoms with Gasteiger partial charge in [0.25, 0.3) is 0 Å². The minimum Gasteiger partial charge on any atom is -0.507 e. The summed E-state index contributed by atoms with van der Waals surface area (Å²) in [4.78, 5) is 10.8. The van der Waals surface area contributed by atoms with Gasteiger partial charge in [-0.25, -0.2) is 17.9 Å². The number of carbonyl (C=O) groups is 1. The molecule has 0 saturated carbocycles. The van der Waals surface area contributed by atoms with E-state index < -0.39 is 33.3 Å². The van der Waals surface area contributed by atoms with Gasteiger partial charge >= 0.3 is 5.97 Å². The van der Waals surface area contributed by atoms with Gasteiger partial charge in [0.2, 0.25) is 10.0 Å². The van der Waals surface area contributed by atoms with E-state index in [9.17, 15) is 18.3 Å². The Labute approximate surface area is 123 Å². The van der Waals surface area contributed by atoms with Crippen molar-refractivity contribution in [1.29, 1.82) is 0 Å². The zero-order chi connectivity index (χ0) is 16.2. The van der Waals surface area contributed by atoms with Crippen LogP contribution >= 0.6 is 0 Å². The molecule has 0 aliphatic heterocycles. The van der Waals surface area contributed by atoms with Crippen LogP contribution in [0.2, 0.25) is 0 Å². The Balaban J connectivity index is 3.25. The maximum Gasteiger partial charge on any atom is 0.339 e. The minimum atomic E-state index is -3.93. The predicted molar refractivity (Wildman–Crippen MR) is 75.9 cm³/mol. The molecule has 7 nitrogen and oxygen atoms in total. The minimum absolute atomic E-state index is 0.157. The fraction of sp³-hybridized carbons (Fsp3) is 0.462. The molecule has 0 fully saturated rings. The molecule has 118 valence electrons. The molecular formula is C13H19NO6S. The van der Waals surface area contributed by atoms with Crippen LogP contribution in [0.25, 0.3) is 0 Å². The number of carboxylic acids is 1. The lowest BCUT2D eigenvalue weighted by atomic mass is 10.1. The quantitative estimate of drug-likeness (QED) is 0.591. The number of rotatable bonds is 7. The molecule has 0 aliphatic rings. The molecule has 4 N–H and O–H groups in total. The average Bonchev–Trinajstić information content (AvgIpc) is 2.37. The van der Waals surface area contributed by atoms with Crippen LogP contribution in [0.5, 0.6) is 5.75 Å². The summed E-state index contributed by atoms with van der Waals surface area (Å²) in [5.41, 5.74) is -0.236. The molecule has 21 heavy (non-hydrogen) atoms. The number of aromatic hydroxyl groups is 1. The van der Waals surface area contributed by atoms with E-state index in [-0.39, 0.29) is 23.5 Å². The molecule has 0 bridgehead atoms. The molecule has 0 aliphatic carbocycles. The van der Waals surface area contributed by atoms with Gasteiger partial charge in [-0.3, -0.25) is 0 Å². The number of benzene rings is 1. The Morgan fingerprint density at radius 2 is 2.00 bits per heavy atom. The van der Waals surface area contributed by atoms with Crippen LogP contribution in [0.3, 0.4) is 0 Å². The average molecular weight is 317 g/mol. The third-order valence-electron chi connectivity index (χ3n) is 3.11. The Morgan fingerprint density at radius 1 is 1.38 bits per heavy atom. The summed E-state index contributed by atoms with van der Waals surface area (Å²) in [5.74, 6) is -1.90. The number of aryl methyl sites for hydroxylation is 1. The molecule has 8 heteroatoms. The molecule has 1 unspecified atom stereocenters. The maximum atomic E-state index is 12.3. The largest absolute Gasteiger partial charge is 0.507 e. The monoisotopic (exact) mass is 317 g/mol. The topological polar surface area (TPSA) is 124 Å². The van der Waals surface area contributed by atoms with E-state index in [2.05, 4.69) is 4.72 Å². The van der Waals surface area contributed by atoms with Crippen LogP contribution in [0, 0.1) is 6.92 Å². The molecular weight excluding hydrogens is 298 g/mol. The van der Waals surface area contributed by atoms with Gasteiger partial charge in [0, 0.05) is 12.6 Å². The van der Waals surface area contributed by atoms with Crippen LogP contribution in [0.4, 0.5) is 0 Å². The summed E-state index contributed by atoms with van der Waals surface area (Å²) >= 11 is 0. The first-order valence-electron chi connectivity index (χ1n) is 6.43. The Kier molecular flexibility index (Phi) is 5.70. The van der Waals surface area contributed by atoms with Crippen LogP contribution in [0.1, 0.15) is 35.7 Å². The maximum absolute atomic E-state index is 12.3. The molecule has 0 heterocycles. The van der Waals surface area contributed by atoms with Crippen LogP contribution in [-0.4, -0.2) is 42.4 Å². The van der Waals surface area contributed by atoms with Crippen molar-refractivity contribution in [1.82, 2.24) is 4.72 Å². The molecule has 0 saturated heterocycles. The van der Waals surface area contributed by atoms with Gasteiger partial charge in [-0.15, -0.1) is 0 Å². The van der Waals surface area contributed by atoms with Gasteiger partial charge in [-0.05, 0) is 37.5 Å². The van der Waals surface area contributed by atoms with Gasteiger partial charge in [0.15, 0.2) is 0 Å². The Bertz CT molecular complexity index is 626. The smallest absolute Gasteiger partial charge is 0.339 e. The van der Waals surface area contributed by atoms with Crippen molar-refractivity contribution in [2.45, 2.75) is 37.6 Å². The van der Waals surface area contributed by atoms with Crippen molar-refractivity contribution in [2.75, 3.05) is 6.61 Å². The predicted octanol–water partition coefficient (Wildman–Crippen LogP) is 0.838. The number of nitrogens with one attached hydrogen (secondary N) is 1. The Hall–Kier alpha value is -1.64. The van der Waals surface area contributed by atoms with E-state index in [4.69, 9.17) is 10.2 Å². The van der Waals surface area contributed by atoms with E-state index >= 15 is 0 Å². The van der Waals surface area contributed by atoms with Crippen molar-refractivity contribution in [3.8, 4) is 5.75 Å². The number of phenols is 1. The summed E-state index contributed by atoms with van der Waals surface area (Å²) in [7, 11) is -3.93. The second kappa shape index (κ2) is 6.88. The SMILES string of the molecule is CCC(CCO)NS(=O)(=O)c1cc(C(=O)O)c(O)cc1C. The third kappa shape index (κ3) is 4.16. The second-order valence-corrected chi connectivity index (χ2v) is 6.36. The van der Waals surface area contributed by atoms with Crippen LogP contribution in [-0.2, 0) is 10.0 Å². The van der Waals surface area contributed by atoms with E-state index in [1.165, 1.54) is 6.92 Å². The highest BCUT2D eigenvalue weighted by Crippen LogP contribution is 2.25. The molecule has 1 rings (SSSR count). The van der Waals surface area contributed by atoms with E-state index in [0.717, 1.165) is 12.1 Å². The standard InChI is InChI=1S/C13H19NO6S/c1-3-9(4-5-15)14-21(19,20)12-7-10(13(17)18)11(16)6-8(12)2/h6-7,9,14-16H,3-5H2,1-2H3,(H,17,18). The summed E-state index contributed by atoms with van der Waals surface area (Å²) in [6.07, 6.45) is 0.751. The number of aliphatic hydroxyl groups is 1. The molecule has 1 aromatic carbocycles. The number of aromatic carboxylic acids is 1. The zero-order valence-electron chi connectivity index (χ0n) is 11.8. The second-order valence-electron chi connectivity index (χ2n) is 4.68. The lowest BCUT2D eigenvalue weighted by Crippen LogP contribution is -2.35. The number of aliphatic hydroxyl groups excluding tert-OH is 1. The normalized spacial score (nSPS) is 13.1. The molecule has 0 radical (unpaired) electrons. The Morgan fingerprint density at radius 3 is 2.48 bits per heavy atom. The highest BCUT2D eigenvalue weighted by molar-refractivity contribution is 7.89. The summed E-state index contributed by atoms with van der Waals surface area (Å²) in [6, 6.07) is 1.59. The fourth-order valence-electron chi connectivity index (χ4n) is 1.92. The summed E-state index contributed by atoms with van der Waals surface area (Å²) in [5, 5.41) is 27.4. The van der Waals surface area contributed by atoms with Crippen LogP contribution in [0.15, 0.2) is 17.0 Å². The third-order valence-corrected chi connectivity index (χ3v) is 4.77. The van der Waals surface area contributed by atoms with Crippen molar-refractivity contribution >= 4 is 16.0 Å². The van der Waals surface area contributed by atoms with Crippen LogP contribution < -0.4 is 4.72 Å². The van der Waals surface area contributed by atoms with Gasteiger partial charge in [-0.1, -0.05) is 6.92 Å². The first-order chi connectivity index (χ1) is 9.72. The van der Waals surface area contributed by atoms with Crippen molar-refractivity contribution in [3.05, 3.63) is 23.3 Å². The van der Waals surface area contributed by atoms with Crippen molar-refractivity contribution < 1.29 is 28.5 Å². The van der Waals surface area contributed by atoms with Gasteiger partial charge in [0.1, 0.15) is 11.3 Å². The highest BCUT2D eigenvalue weighted by Gasteiger charge is 2.24. The molecule has 1 aromatic rings. The summed E-state index contributed by atoms with van der Waals surface area (Å²) in [6.45, 7) is 3.08. The van der Waals surface area contributed by atoms with Gasteiger partial charge in [0.05, 0.1) is 4.90 Å². The van der Waals surface area contributed by atoms with Crippen molar-refractivity contribution in [3.63, 3.8) is 0 Å². The number of carboxylic acid groups (broad SMARTS) is 1. The summed E-state index contributed by atoms with van der Waals surface area (Å²) < 4.78 is 27.1. The molecule has 0 spiro atoms. The van der Waals surface area contributed by atoms with E-state index in [0.29, 0.717) is 6.42 Å². The zero-order valence-corrected chi connectivity index (χ0v) is 12.6. The molecule has 0 amide bonds. The van der Waals surface area contributed by atoms with E-state index in [1.807, 2.05) is 0 Å². The van der Waals surface area contributed by atoms with Crippen molar-refractivity contribution in [2.24, 2.45) is 0 Å². The van der Waals surface area contributed by atoms with Gasteiger partial charge < -0.3 is 15.3 Å². The van der Waals surface area contributed by atoms with Gasteiger partial charge in [-0.2, -0.15) is 0 Å². The highest BCUT2D eigenvalue weighted by atomic mass is 32.2. The lowest BCUT2D eigenvalue weighted by molar-refractivity contribution is 0.0693. The first kappa shape index (κ1) is 17.4. The molecule has 1 atom stereocenters. The number of sulfonamides is 1. The fourth-order valence-corrected chi connectivity index (χ4v) is 3.52.